The van der Waals surface area contributed by atoms with Gasteiger partial charge in [-0.2, -0.15) is 0 Å². The van der Waals surface area contributed by atoms with E-state index in [0.717, 1.165) is 0 Å². The molecule has 0 spiro atoms. The van der Waals surface area contributed by atoms with E-state index < -0.39 is 11.9 Å². The summed E-state index contributed by atoms with van der Waals surface area (Å²) in [7, 11) is 20.0. The summed E-state index contributed by atoms with van der Waals surface area (Å²) in [5.74, 6) is 0. The molecule has 0 radical (unpaired) electrons. The van der Waals surface area contributed by atoms with Crippen molar-refractivity contribution in [3.8, 4) is 0 Å². The third-order valence-corrected chi connectivity index (χ3v) is 0. The fraction of sp³-hybridized carbons (Fsp3) is 0. The van der Waals surface area contributed by atoms with Crippen molar-refractivity contribution in [2.45, 2.75) is 0 Å². The van der Waals surface area contributed by atoms with Crippen molar-refractivity contribution in [3.63, 3.8) is 0 Å². The minimum atomic E-state index is -3.06. The summed E-state index contributed by atoms with van der Waals surface area (Å²) in [5, 5.41) is 0. The summed E-state index contributed by atoms with van der Waals surface area (Å²) in [6.07, 6.45) is 0. The maximum atomic E-state index is 5.01. The molecule has 80 valence electrons. The normalized spacial score (nSPS) is 7.60. The Morgan fingerprint density at radius 1 is 0.600 bits per heavy atom. The van der Waals surface area contributed by atoms with Gasteiger partial charge in [0.15, 0.2) is 0 Å². The minimum Gasteiger partial charge on any atom is -0.693 e. The second-order valence-corrected chi connectivity index (χ2v) is 20.0. The van der Waals surface area contributed by atoms with Crippen LogP contribution in [0.1, 0.15) is 0 Å². The van der Waals surface area contributed by atoms with Gasteiger partial charge in [0.25, 0.3) is 0 Å². The van der Waals surface area contributed by atoms with Crippen LogP contribution >= 0.6 is 37.7 Å². The first-order chi connectivity index (χ1) is 2.00. The molecule has 0 heterocycles. The maximum Gasteiger partial charge on any atom is 0 e. The number of nitrogens with two attached hydrogens (primary N) is 4. The van der Waals surface area contributed by atoms with Crippen molar-refractivity contribution >= 4 is 37.7 Å². The largest absolute Gasteiger partial charge is 0.693 e. The maximum absolute atomic E-state index is 5.01. The molecule has 10 heteroatoms. The van der Waals surface area contributed by atoms with Gasteiger partial charge >= 0.3 is 49.6 Å². The van der Waals surface area contributed by atoms with Gasteiger partial charge in [-0.25, -0.2) is 0 Å². The van der Waals surface area contributed by atoms with Crippen molar-refractivity contribution in [1.29, 1.82) is 0 Å². The SMILES string of the molecule is [Cl][Pt]([Cl])([Cl])[Cl].[NH2-].[NH2-].[NH2-].[NH2-].[Pt]. The monoisotopic (exact) mass is 594 g/mol. The third kappa shape index (κ3) is 162. The zero-order chi connectivity index (χ0) is 4.50. The van der Waals surface area contributed by atoms with Crippen LogP contribution in [0, 0.1) is 0 Å². The molecule has 0 aromatic heterocycles. The first kappa shape index (κ1) is 39.4. The molecule has 0 aliphatic carbocycles. The van der Waals surface area contributed by atoms with Crippen LogP contribution in [0.15, 0.2) is 0 Å². The van der Waals surface area contributed by atoms with Gasteiger partial charge in [0, 0.05) is 21.1 Å². The van der Waals surface area contributed by atoms with Crippen LogP contribution in [0.2, 0.25) is 0 Å². The fourth-order valence-electron chi connectivity index (χ4n) is 0. The molecule has 10 heavy (non-hydrogen) atoms. The predicted octanol–water partition coefficient (Wildman–Crippen LogP) is 5.62. The Morgan fingerprint density at radius 3 is 0.600 bits per heavy atom. The molecule has 0 atom stereocenters. The quantitative estimate of drug-likeness (QED) is 0.344. The molecule has 0 aromatic rings. The Labute approximate surface area is 94.2 Å². The molecular weight excluding hydrogens is 588 g/mol. The second kappa shape index (κ2) is 17.5. The average Bonchev–Trinajstić information content (AvgIpc) is 0.722. The van der Waals surface area contributed by atoms with Crippen molar-refractivity contribution < 1.29 is 33.0 Å². The summed E-state index contributed by atoms with van der Waals surface area (Å²) in [6, 6.07) is 0. The van der Waals surface area contributed by atoms with Gasteiger partial charge in [-0.3, -0.25) is 0 Å². The number of hydrogen-bond acceptors (Lipinski definition) is 0. The molecule has 0 rings (SSSR count). The van der Waals surface area contributed by atoms with E-state index in [2.05, 4.69) is 0 Å². The molecule has 8 N–H and O–H groups in total. The Bertz CT molecular complexity index is 30.7. The van der Waals surface area contributed by atoms with Crippen LogP contribution in [0.5, 0.6) is 0 Å². The van der Waals surface area contributed by atoms with E-state index in [1.807, 2.05) is 0 Å². The number of halogens is 4. The Morgan fingerprint density at radius 2 is 0.600 bits per heavy atom. The Balaban J connectivity index is -0.00000000800. The molecule has 0 unspecified atom stereocenters. The molecular formula is H8Cl4N4Pt2-4. The first-order valence-electron chi connectivity index (χ1n) is 0.478. The summed E-state index contributed by atoms with van der Waals surface area (Å²) in [6.45, 7) is 0. The van der Waals surface area contributed by atoms with Crippen molar-refractivity contribution in [2.24, 2.45) is 0 Å². The van der Waals surface area contributed by atoms with Gasteiger partial charge in [-0.15, -0.1) is 0 Å². The van der Waals surface area contributed by atoms with Gasteiger partial charge in [0.2, 0.25) is 0 Å². The Hall–Kier alpha value is 2.38. The Kier molecular flexibility index (Phi) is 68.8. The fourth-order valence-corrected chi connectivity index (χ4v) is 0. The molecule has 0 amide bonds. The summed E-state index contributed by atoms with van der Waals surface area (Å²) < 4.78 is 0. The smallest absolute Gasteiger partial charge is 0 e. The van der Waals surface area contributed by atoms with Crippen LogP contribution in [0.25, 0.3) is 24.6 Å². The standard InChI is InChI=1S/4ClH.4H2N.2Pt/h4*1H;4*1H2;;/q;;;;4*-1;;+4/p-4. The van der Waals surface area contributed by atoms with Gasteiger partial charge in [-0.05, 0) is 0 Å². The number of hydrogen-bond donors (Lipinski definition) is 0. The van der Waals surface area contributed by atoms with Gasteiger partial charge < -0.3 is 24.6 Å². The molecule has 4 nitrogen and oxygen atoms in total. The number of rotatable bonds is 0. The molecule has 0 saturated carbocycles. The molecule has 0 saturated heterocycles. The molecule has 0 aliphatic heterocycles. The molecule has 0 aromatic carbocycles. The zero-order valence-electron chi connectivity index (χ0n) is 4.45. The minimum absolute atomic E-state index is 0. The molecule has 0 fully saturated rings. The van der Waals surface area contributed by atoms with Crippen LogP contribution < -0.4 is 0 Å². The van der Waals surface area contributed by atoms with Crippen molar-refractivity contribution in [2.75, 3.05) is 0 Å². The van der Waals surface area contributed by atoms with E-state index in [0.29, 0.717) is 0 Å². The van der Waals surface area contributed by atoms with Crippen LogP contribution in [0.3, 0.4) is 0 Å². The summed E-state index contributed by atoms with van der Waals surface area (Å²) >= 11 is -3.06. The topological polar surface area (TPSA) is 134 Å². The van der Waals surface area contributed by atoms with Crippen LogP contribution in [0.4, 0.5) is 0 Å². The summed E-state index contributed by atoms with van der Waals surface area (Å²) in [4.78, 5) is 0. The van der Waals surface area contributed by atoms with E-state index in [1.165, 1.54) is 0 Å². The first-order valence-corrected chi connectivity index (χ1v) is 11.7. The van der Waals surface area contributed by atoms with Gasteiger partial charge in [-0.1, -0.05) is 0 Å². The van der Waals surface area contributed by atoms with E-state index in [1.54, 1.807) is 0 Å². The zero-order valence-corrected chi connectivity index (χ0v) is 12.0. The molecule has 0 aliphatic rings. The van der Waals surface area contributed by atoms with Gasteiger partial charge in [0.05, 0.1) is 0 Å². The van der Waals surface area contributed by atoms with E-state index in [4.69, 9.17) is 37.7 Å². The predicted molar refractivity (Wildman–Crippen MR) is 44.5 cm³/mol. The summed E-state index contributed by atoms with van der Waals surface area (Å²) in [5.41, 5.74) is 0. The molecule has 0 bridgehead atoms. The second-order valence-electron chi connectivity index (χ2n) is 0.271. The van der Waals surface area contributed by atoms with E-state index in [9.17, 15) is 0 Å². The van der Waals surface area contributed by atoms with E-state index >= 15 is 0 Å². The van der Waals surface area contributed by atoms with Crippen molar-refractivity contribution in [1.82, 2.24) is 0 Å². The van der Waals surface area contributed by atoms with Crippen LogP contribution in [-0.4, -0.2) is 0 Å². The van der Waals surface area contributed by atoms with Gasteiger partial charge in [0.1, 0.15) is 0 Å². The van der Waals surface area contributed by atoms with Crippen molar-refractivity contribution in [3.05, 3.63) is 24.6 Å². The van der Waals surface area contributed by atoms with E-state index in [-0.39, 0.29) is 45.7 Å². The van der Waals surface area contributed by atoms with Crippen LogP contribution in [-0.2, 0) is 33.0 Å². The third-order valence-electron chi connectivity index (χ3n) is 0. The average molecular weight is 596 g/mol.